The van der Waals surface area contributed by atoms with Gasteiger partial charge in [0.1, 0.15) is 5.56 Å². The maximum Gasteiger partial charge on any atom is 0.341 e. The van der Waals surface area contributed by atoms with E-state index in [1.165, 1.54) is 0 Å². The number of carbonyl (C=O) groups excluding carboxylic acids is 1. The molecule has 2 rings (SSSR count). The van der Waals surface area contributed by atoms with Crippen molar-refractivity contribution in [2.75, 3.05) is 25.1 Å². The molecule has 2 aromatic rings. The number of aromatic nitrogens is 3. The van der Waals surface area contributed by atoms with Gasteiger partial charge in [-0.2, -0.15) is 5.10 Å². The fourth-order valence-corrected chi connectivity index (χ4v) is 2.49. The van der Waals surface area contributed by atoms with E-state index in [1.54, 1.807) is 24.0 Å². The van der Waals surface area contributed by atoms with Crippen LogP contribution in [0.4, 0.5) is 5.69 Å². The first-order valence-electron chi connectivity index (χ1n) is 7.14. The lowest BCUT2D eigenvalue weighted by molar-refractivity contribution is 0.0527. The highest BCUT2D eigenvalue weighted by molar-refractivity contribution is 6.04. The maximum absolute atomic E-state index is 12.2. The Morgan fingerprint density at radius 1 is 1.43 bits per heavy atom. The molecule has 0 unspecified atom stereocenters. The van der Waals surface area contributed by atoms with Gasteiger partial charge in [0.05, 0.1) is 23.9 Å². The van der Waals surface area contributed by atoms with Crippen LogP contribution in [0.3, 0.4) is 0 Å². The molecule has 0 N–H and O–H groups in total. The minimum Gasteiger partial charge on any atom is -0.462 e. The Balaban J connectivity index is 2.59. The molecule has 0 bridgehead atoms. The number of fused-ring (bicyclic) bond motifs is 1. The number of ether oxygens (including phenoxy) is 1. The number of hydrogen-bond acceptors (Lipinski definition) is 5. The average molecular weight is 290 g/mol. The molecule has 0 atom stereocenters. The van der Waals surface area contributed by atoms with Crippen molar-refractivity contribution in [1.29, 1.82) is 0 Å². The van der Waals surface area contributed by atoms with Gasteiger partial charge in [-0.25, -0.2) is 9.78 Å². The van der Waals surface area contributed by atoms with Crippen molar-refractivity contribution in [2.24, 2.45) is 13.0 Å². The van der Waals surface area contributed by atoms with Crippen LogP contribution in [0.5, 0.6) is 0 Å². The number of aryl methyl sites for hydroxylation is 1. The van der Waals surface area contributed by atoms with Crippen LogP contribution in [0.1, 0.15) is 31.1 Å². The van der Waals surface area contributed by atoms with Crippen molar-refractivity contribution in [3.05, 3.63) is 18.0 Å². The maximum atomic E-state index is 12.2. The number of rotatable bonds is 5. The van der Waals surface area contributed by atoms with Crippen LogP contribution < -0.4 is 4.90 Å². The van der Waals surface area contributed by atoms with Gasteiger partial charge in [-0.1, -0.05) is 13.8 Å². The van der Waals surface area contributed by atoms with Crippen molar-refractivity contribution >= 4 is 22.7 Å². The van der Waals surface area contributed by atoms with Gasteiger partial charge in [0, 0.05) is 26.8 Å². The molecule has 0 fully saturated rings. The molecule has 21 heavy (non-hydrogen) atoms. The summed E-state index contributed by atoms with van der Waals surface area (Å²) in [5, 5.41) is 5.11. The monoisotopic (exact) mass is 290 g/mol. The summed E-state index contributed by atoms with van der Waals surface area (Å²) in [5.41, 5.74) is 2.08. The molecule has 6 nitrogen and oxygen atoms in total. The standard InChI is InChI=1S/C15H22N4O2/c1-6-21-15(20)12-7-16-14-11(8-17-19(14)5)13(12)18(4)9-10(2)3/h7-8,10H,6,9H2,1-5H3. The lowest BCUT2D eigenvalue weighted by Gasteiger charge is -2.24. The molecule has 6 heteroatoms. The van der Waals surface area contributed by atoms with Gasteiger partial charge >= 0.3 is 5.97 Å². The Kier molecular flexibility index (Phi) is 4.45. The van der Waals surface area contributed by atoms with Gasteiger partial charge in [0.15, 0.2) is 5.65 Å². The van der Waals surface area contributed by atoms with Crippen LogP contribution in [-0.2, 0) is 11.8 Å². The van der Waals surface area contributed by atoms with Gasteiger partial charge in [0.2, 0.25) is 0 Å². The summed E-state index contributed by atoms with van der Waals surface area (Å²) < 4.78 is 6.85. The Bertz CT molecular complexity index is 648. The molecule has 0 aliphatic heterocycles. The number of anilines is 1. The minimum atomic E-state index is -0.346. The Labute approximate surface area is 124 Å². The Hall–Kier alpha value is -2.11. The molecule has 114 valence electrons. The predicted octanol–water partition coefficient (Wildman–Crippen LogP) is 2.24. The molecule has 0 saturated heterocycles. The van der Waals surface area contributed by atoms with Gasteiger partial charge in [-0.3, -0.25) is 4.68 Å². The molecular weight excluding hydrogens is 268 g/mol. The van der Waals surface area contributed by atoms with Crippen molar-refractivity contribution in [1.82, 2.24) is 14.8 Å². The van der Waals surface area contributed by atoms with E-state index in [2.05, 4.69) is 28.8 Å². The van der Waals surface area contributed by atoms with Crippen LogP contribution in [0.25, 0.3) is 11.0 Å². The highest BCUT2D eigenvalue weighted by atomic mass is 16.5. The third-order valence-electron chi connectivity index (χ3n) is 3.25. The van der Waals surface area contributed by atoms with Gasteiger partial charge in [-0.05, 0) is 12.8 Å². The summed E-state index contributed by atoms with van der Waals surface area (Å²) in [6, 6.07) is 0. The average Bonchev–Trinajstić information content (AvgIpc) is 2.79. The SMILES string of the molecule is CCOC(=O)c1cnc2c(cnn2C)c1N(C)CC(C)C. The van der Waals surface area contributed by atoms with E-state index in [0.29, 0.717) is 18.1 Å². The number of nitrogens with zero attached hydrogens (tertiary/aromatic N) is 4. The number of carbonyl (C=O) groups is 1. The van der Waals surface area contributed by atoms with Crippen LogP contribution in [-0.4, -0.2) is 40.9 Å². The summed E-state index contributed by atoms with van der Waals surface area (Å²) in [6.07, 6.45) is 3.32. The fourth-order valence-electron chi connectivity index (χ4n) is 2.49. The van der Waals surface area contributed by atoms with Crippen LogP contribution in [0.15, 0.2) is 12.4 Å². The number of hydrogen-bond donors (Lipinski definition) is 0. The van der Waals surface area contributed by atoms with E-state index in [4.69, 9.17) is 4.74 Å². The normalized spacial score (nSPS) is 11.1. The second kappa shape index (κ2) is 6.11. The summed E-state index contributed by atoms with van der Waals surface area (Å²) in [5.74, 6) is 0.131. The zero-order valence-corrected chi connectivity index (χ0v) is 13.3. The van der Waals surface area contributed by atoms with E-state index in [-0.39, 0.29) is 5.97 Å². The molecule has 2 aromatic heterocycles. The van der Waals surface area contributed by atoms with E-state index < -0.39 is 0 Å². The summed E-state index contributed by atoms with van der Waals surface area (Å²) >= 11 is 0. The molecule has 0 aromatic carbocycles. The second-order valence-corrected chi connectivity index (χ2v) is 5.52. The molecule has 2 heterocycles. The number of esters is 1. The third kappa shape index (κ3) is 2.99. The van der Waals surface area contributed by atoms with E-state index in [1.807, 2.05) is 14.1 Å². The summed E-state index contributed by atoms with van der Waals surface area (Å²) in [6.45, 7) is 7.26. The highest BCUT2D eigenvalue weighted by Gasteiger charge is 2.21. The molecular formula is C15H22N4O2. The summed E-state index contributed by atoms with van der Waals surface area (Å²) in [7, 11) is 3.82. The first-order chi connectivity index (χ1) is 9.95. The topological polar surface area (TPSA) is 60.2 Å². The van der Waals surface area contributed by atoms with Crippen molar-refractivity contribution in [3.8, 4) is 0 Å². The molecule has 0 amide bonds. The largest absolute Gasteiger partial charge is 0.462 e. The Morgan fingerprint density at radius 3 is 2.76 bits per heavy atom. The van der Waals surface area contributed by atoms with Crippen LogP contribution in [0.2, 0.25) is 0 Å². The van der Waals surface area contributed by atoms with Gasteiger partial charge in [-0.15, -0.1) is 0 Å². The predicted molar refractivity (Wildman–Crippen MR) is 82.6 cm³/mol. The zero-order valence-electron chi connectivity index (χ0n) is 13.3. The van der Waals surface area contributed by atoms with Crippen molar-refractivity contribution in [3.63, 3.8) is 0 Å². The molecule has 0 spiro atoms. The fraction of sp³-hybridized carbons (Fsp3) is 0.533. The van der Waals surface area contributed by atoms with Gasteiger partial charge < -0.3 is 9.64 Å². The van der Waals surface area contributed by atoms with E-state index in [0.717, 1.165) is 23.3 Å². The lowest BCUT2D eigenvalue weighted by atomic mass is 10.1. The second-order valence-electron chi connectivity index (χ2n) is 5.52. The molecule has 0 radical (unpaired) electrons. The van der Waals surface area contributed by atoms with E-state index in [9.17, 15) is 4.79 Å². The van der Waals surface area contributed by atoms with Crippen molar-refractivity contribution < 1.29 is 9.53 Å². The first-order valence-corrected chi connectivity index (χ1v) is 7.14. The smallest absolute Gasteiger partial charge is 0.341 e. The quantitative estimate of drug-likeness (QED) is 0.790. The molecule has 0 saturated carbocycles. The molecule has 0 aliphatic rings. The van der Waals surface area contributed by atoms with Crippen molar-refractivity contribution in [2.45, 2.75) is 20.8 Å². The summed E-state index contributed by atoms with van der Waals surface area (Å²) in [4.78, 5) is 18.6. The minimum absolute atomic E-state index is 0.344. The van der Waals surface area contributed by atoms with Crippen LogP contribution >= 0.6 is 0 Å². The number of pyridine rings is 1. The lowest BCUT2D eigenvalue weighted by Crippen LogP contribution is -2.25. The highest BCUT2D eigenvalue weighted by Crippen LogP contribution is 2.29. The molecule has 0 aliphatic carbocycles. The third-order valence-corrected chi connectivity index (χ3v) is 3.25. The first kappa shape index (κ1) is 15.3. The van der Waals surface area contributed by atoms with E-state index >= 15 is 0 Å². The zero-order chi connectivity index (χ0) is 15.6. The van der Waals surface area contributed by atoms with Crippen LogP contribution in [0, 0.1) is 5.92 Å². The van der Waals surface area contributed by atoms with Gasteiger partial charge in [0.25, 0.3) is 0 Å². The Morgan fingerprint density at radius 2 is 2.14 bits per heavy atom.